The quantitative estimate of drug-likeness (QED) is 0.311. The Balaban J connectivity index is 0.00000364. The van der Waals surface area contributed by atoms with Crippen LogP contribution in [0.15, 0.2) is 39.8 Å². The molecular weight excluding hydrogens is 455 g/mol. The standard InChI is InChI=1S/C20H30N4O2.HI/c1-5-15(6-2)18-12-17(26-24-18)14-23-20(21-4)22-13-16-10-8-9-11-19(16)25-7-3;/h8-12,15H,5-7,13-14H2,1-4H3,(H2,21,22,23);1H. The van der Waals surface area contributed by atoms with E-state index in [1.165, 1.54) is 0 Å². The number of guanidine groups is 1. The van der Waals surface area contributed by atoms with Crippen LogP contribution in [0.25, 0.3) is 0 Å². The SMILES string of the molecule is CCOc1ccccc1CNC(=NC)NCc1cc(C(CC)CC)no1.I. The van der Waals surface area contributed by atoms with Crippen molar-refractivity contribution in [3.8, 4) is 5.75 Å². The molecule has 0 fully saturated rings. The molecule has 0 unspecified atom stereocenters. The van der Waals surface area contributed by atoms with Crippen molar-refractivity contribution >= 4 is 29.9 Å². The molecule has 1 heterocycles. The summed E-state index contributed by atoms with van der Waals surface area (Å²) in [6, 6.07) is 10.0. The lowest BCUT2D eigenvalue weighted by molar-refractivity contribution is 0.336. The molecule has 0 aliphatic rings. The normalized spacial score (nSPS) is 11.2. The lowest BCUT2D eigenvalue weighted by Gasteiger charge is -2.13. The molecule has 7 heteroatoms. The lowest BCUT2D eigenvalue weighted by atomic mass is 9.99. The van der Waals surface area contributed by atoms with Crippen molar-refractivity contribution in [2.24, 2.45) is 4.99 Å². The molecule has 0 atom stereocenters. The molecule has 0 aliphatic carbocycles. The number of halogens is 1. The maximum Gasteiger partial charge on any atom is 0.191 e. The van der Waals surface area contributed by atoms with E-state index in [4.69, 9.17) is 9.26 Å². The molecule has 0 amide bonds. The molecule has 27 heavy (non-hydrogen) atoms. The number of para-hydroxylation sites is 1. The Kier molecular flexibility index (Phi) is 10.8. The first kappa shape index (κ1) is 23.3. The average Bonchev–Trinajstić information content (AvgIpc) is 3.13. The van der Waals surface area contributed by atoms with Gasteiger partial charge in [0.2, 0.25) is 0 Å². The van der Waals surface area contributed by atoms with Crippen LogP contribution >= 0.6 is 24.0 Å². The van der Waals surface area contributed by atoms with E-state index in [2.05, 4.69) is 34.6 Å². The molecule has 0 spiro atoms. The second-order valence-electron chi connectivity index (χ2n) is 6.05. The van der Waals surface area contributed by atoms with E-state index in [9.17, 15) is 0 Å². The van der Waals surface area contributed by atoms with Crippen LogP contribution < -0.4 is 15.4 Å². The fourth-order valence-corrected chi connectivity index (χ4v) is 2.83. The number of hydrogen-bond donors (Lipinski definition) is 2. The molecule has 1 aromatic heterocycles. The van der Waals surface area contributed by atoms with Crippen LogP contribution in [0.2, 0.25) is 0 Å². The highest BCUT2D eigenvalue weighted by molar-refractivity contribution is 14.0. The second kappa shape index (κ2) is 12.6. The van der Waals surface area contributed by atoms with Crippen molar-refractivity contribution in [1.82, 2.24) is 15.8 Å². The summed E-state index contributed by atoms with van der Waals surface area (Å²) in [5, 5.41) is 10.8. The van der Waals surface area contributed by atoms with E-state index in [0.29, 0.717) is 31.6 Å². The van der Waals surface area contributed by atoms with E-state index in [0.717, 1.165) is 35.6 Å². The van der Waals surface area contributed by atoms with Crippen LogP contribution in [0, 0.1) is 0 Å². The van der Waals surface area contributed by atoms with Crippen molar-refractivity contribution in [3.05, 3.63) is 47.3 Å². The first-order chi connectivity index (χ1) is 12.7. The van der Waals surface area contributed by atoms with E-state index < -0.39 is 0 Å². The fourth-order valence-electron chi connectivity index (χ4n) is 2.83. The Labute approximate surface area is 179 Å². The Bertz CT molecular complexity index is 699. The summed E-state index contributed by atoms with van der Waals surface area (Å²) >= 11 is 0. The predicted molar refractivity (Wildman–Crippen MR) is 120 cm³/mol. The van der Waals surface area contributed by atoms with Gasteiger partial charge in [-0.25, -0.2) is 0 Å². The third-order valence-electron chi connectivity index (χ3n) is 4.35. The highest BCUT2D eigenvalue weighted by Crippen LogP contribution is 2.22. The van der Waals surface area contributed by atoms with Crippen LogP contribution in [-0.2, 0) is 13.1 Å². The molecule has 0 bridgehead atoms. The van der Waals surface area contributed by atoms with E-state index in [1.807, 2.05) is 37.3 Å². The number of hydrogen-bond acceptors (Lipinski definition) is 4. The number of benzene rings is 1. The van der Waals surface area contributed by atoms with Crippen molar-refractivity contribution in [2.75, 3.05) is 13.7 Å². The number of aromatic nitrogens is 1. The van der Waals surface area contributed by atoms with Gasteiger partial charge in [0.15, 0.2) is 11.7 Å². The van der Waals surface area contributed by atoms with Gasteiger partial charge >= 0.3 is 0 Å². The molecule has 6 nitrogen and oxygen atoms in total. The minimum atomic E-state index is 0. The second-order valence-corrected chi connectivity index (χ2v) is 6.05. The highest BCUT2D eigenvalue weighted by Gasteiger charge is 2.13. The van der Waals surface area contributed by atoms with Crippen LogP contribution in [0.4, 0.5) is 0 Å². The largest absolute Gasteiger partial charge is 0.494 e. The van der Waals surface area contributed by atoms with Crippen molar-refractivity contribution < 1.29 is 9.26 Å². The monoisotopic (exact) mass is 486 g/mol. The molecule has 0 radical (unpaired) electrons. The number of nitrogens with zero attached hydrogens (tertiary/aromatic N) is 2. The number of rotatable bonds is 9. The summed E-state index contributed by atoms with van der Waals surface area (Å²) in [7, 11) is 1.75. The molecule has 1 aromatic carbocycles. The Morgan fingerprint density at radius 2 is 1.85 bits per heavy atom. The zero-order valence-corrected chi connectivity index (χ0v) is 18.9. The summed E-state index contributed by atoms with van der Waals surface area (Å²) < 4.78 is 11.1. The van der Waals surface area contributed by atoms with Crippen LogP contribution in [0.1, 0.15) is 56.5 Å². The van der Waals surface area contributed by atoms with Gasteiger partial charge in [-0.1, -0.05) is 37.2 Å². The molecule has 2 N–H and O–H groups in total. The Morgan fingerprint density at radius 1 is 1.15 bits per heavy atom. The first-order valence-corrected chi connectivity index (χ1v) is 9.32. The number of aliphatic imine (C=N–C) groups is 1. The molecule has 2 rings (SSSR count). The summed E-state index contributed by atoms with van der Waals surface area (Å²) in [6.07, 6.45) is 2.14. The molecule has 0 saturated heterocycles. The fraction of sp³-hybridized carbons (Fsp3) is 0.500. The van der Waals surface area contributed by atoms with Gasteiger partial charge in [0.25, 0.3) is 0 Å². The van der Waals surface area contributed by atoms with Crippen molar-refractivity contribution in [1.29, 1.82) is 0 Å². The summed E-state index contributed by atoms with van der Waals surface area (Å²) in [5.74, 6) is 2.87. The smallest absolute Gasteiger partial charge is 0.191 e. The van der Waals surface area contributed by atoms with Crippen molar-refractivity contribution in [2.45, 2.75) is 52.6 Å². The highest BCUT2D eigenvalue weighted by atomic mass is 127. The molecular formula is C20H31IN4O2. The summed E-state index contributed by atoms with van der Waals surface area (Å²) in [4.78, 5) is 4.26. The molecule has 2 aromatic rings. The van der Waals surface area contributed by atoms with Gasteiger partial charge in [-0.3, -0.25) is 4.99 Å². The number of ether oxygens (including phenoxy) is 1. The lowest BCUT2D eigenvalue weighted by Crippen LogP contribution is -2.36. The summed E-state index contributed by atoms with van der Waals surface area (Å²) in [6.45, 7) is 8.15. The van der Waals surface area contributed by atoms with E-state index in [-0.39, 0.29) is 24.0 Å². The van der Waals surface area contributed by atoms with Gasteiger partial charge in [0, 0.05) is 31.1 Å². The Hall–Kier alpha value is -1.77. The van der Waals surface area contributed by atoms with Gasteiger partial charge in [-0.15, -0.1) is 24.0 Å². The third-order valence-corrected chi connectivity index (χ3v) is 4.35. The van der Waals surface area contributed by atoms with Gasteiger partial charge in [-0.05, 0) is 25.8 Å². The number of nitrogens with one attached hydrogen (secondary N) is 2. The van der Waals surface area contributed by atoms with E-state index >= 15 is 0 Å². The van der Waals surface area contributed by atoms with Crippen LogP contribution in [0.3, 0.4) is 0 Å². The summed E-state index contributed by atoms with van der Waals surface area (Å²) in [5.41, 5.74) is 2.12. The van der Waals surface area contributed by atoms with Gasteiger partial charge in [0.1, 0.15) is 5.75 Å². The molecule has 0 saturated carbocycles. The minimum absolute atomic E-state index is 0. The van der Waals surface area contributed by atoms with Crippen LogP contribution in [-0.4, -0.2) is 24.8 Å². The average molecular weight is 486 g/mol. The maximum atomic E-state index is 5.66. The third kappa shape index (κ3) is 7.04. The first-order valence-electron chi connectivity index (χ1n) is 9.32. The van der Waals surface area contributed by atoms with Gasteiger partial charge < -0.3 is 19.9 Å². The maximum absolute atomic E-state index is 5.66. The predicted octanol–water partition coefficient (Wildman–Crippen LogP) is 4.46. The zero-order valence-electron chi connectivity index (χ0n) is 16.6. The Morgan fingerprint density at radius 3 is 2.52 bits per heavy atom. The minimum Gasteiger partial charge on any atom is -0.494 e. The van der Waals surface area contributed by atoms with Crippen molar-refractivity contribution in [3.63, 3.8) is 0 Å². The molecule has 150 valence electrons. The van der Waals surface area contributed by atoms with Gasteiger partial charge in [0.05, 0.1) is 18.8 Å². The van der Waals surface area contributed by atoms with E-state index in [1.54, 1.807) is 7.05 Å². The zero-order chi connectivity index (χ0) is 18.8. The topological polar surface area (TPSA) is 71.7 Å². The van der Waals surface area contributed by atoms with Crippen LogP contribution in [0.5, 0.6) is 5.75 Å². The van der Waals surface area contributed by atoms with Gasteiger partial charge in [-0.2, -0.15) is 0 Å². The molecule has 0 aliphatic heterocycles.